The van der Waals surface area contributed by atoms with Gasteiger partial charge < -0.3 is 19.8 Å². The highest BCUT2D eigenvalue weighted by Crippen LogP contribution is 2.13. The van der Waals surface area contributed by atoms with Crippen LogP contribution in [0.3, 0.4) is 0 Å². The number of carbonyl (C=O) groups excluding carboxylic acids is 2. The van der Waals surface area contributed by atoms with Crippen molar-refractivity contribution in [2.45, 2.75) is 6.54 Å². The SMILES string of the molecule is COCCNC(=O)c1nc(C(=O)NCc2ccco2)c2ccccn12. The van der Waals surface area contributed by atoms with Gasteiger partial charge in [-0.2, -0.15) is 0 Å². The number of methoxy groups -OCH3 is 1. The van der Waals surface area contributed by atoms with E-state index in [1.54, 1.807) is 48.0 Å². The summed E-state index contributed by atoms with van der Waals surface area (Å²) in [4.78, 5) is 29.0. The number of furan rings is 1. The van der Waals surface area contributed by atoms with Crippen molar-refractivity contribution in [3.05, 3.63) is 60.1 Å². The molecule has 0 fully saturated rings. The molecule has 130 valence electrons. The van der Waals surface area contributed by atoms with Crippen LogP contribution < -0.4 is 10.6 Å². The van der Waals surface area contributed by atoms with Crippen LogP contribution in [0, 0.1) is 0 Å². The van der Waals surface area contributed by atoms with Gasteiger partial charge in [-0.15, -0.1) is 0 Å². The predicted molar refractivity (Wildman–Crippen MR) is 89.3 cm³/mol. The highest BCUT2D eigenvalue weighted by Gasteiger charge is 2.21. The lowest BCUT2D eigenvalue weighted by Crippen LogP contribution is -2.29. The normalized spacial score (nSPS) is 10.8. The molecular weight excluding hydrogens is 324 g/mol. The molecule has 0 aliphatic carbocycles. The zero-order valence-electron chi connectivity index (χ0n) is 13.7. The molecule has 0 atom stereocenters. The smallest absolute Gasteiger partial charge is 0.287 e. The number of pyridine rings is 1. The maximum atomic E-state index is 12.5. The second-order valence-electron chi connectivity index (χ2n) is 5.25. The van der Waals surface area contributed by atoms with Crippen LogP contribution in [-0.4, -0.2) is 41.5 Å². The molecule has 2 N–H and O–H groups in total. The Morgan fingerprint density at radius 1 is 1.20 bits per heavy atom. The van der Waals surface area contributed by atoms with E-state index >= 15 is 0 Å². The molecule has 8 heteroatoms. The van der Waals surface area contributed by atoms with Crippen molar-refractivity contribution >= 4 is 17.3 Å². The molecule has 0 aliphatic rings. The molecule has 0 saturated heterocycles. The Labute approximate surface area is 143 Å². The number of amides is 2. The van der Waals surface area contributed by atoms with Gasteiger partial charge in [0.25, 0.3) is 11.8 Å². The van der Waals surface area contributed by atoms with E-state index in [-0.39, 0.29) is 29.9 Å². The van der Waals surface area contributed by atoms with Crippen molar-refractivity contribution in [1.29, 1.82) is 0 Å². The summed E-state index contributed by atoms with van der Waals surface area (Å²) in [6.45, 7) is 0.996. The number of fused-ring (bicyclic) bond motifs is 1. The number of ether oxygens (including phenoxy) is 1. The fraction of sp³-hybridized carbons (Fsp3) is 0.235. The van der Waals surface area contributed by atoms with E-state index in [1.807, 2.05) is 0 Å². The summed E-state index contributed by atoms with van der Waals surface area (Å²) in [6, 6.07) is 8.80. The van der Waals surface area contributed by atoms with Crippen molar-refractivity contribution < 1.29 is 18.7 Å². The molecule has 3 aromatic rings. The Kier molecular flexibility index (Phi) is 5.10. The highest BCUT2D eigenvalue weighted by atomic mass is 16.5. The summed E-state index contributed by atoms with van der Waals surface area (Å²) in [7, 11) is 1.55. The Balaban J connectivity index is 1.83. The van der Waals surface area contributed by atoms with E-state index in [0.717, 1.165) is 0 Å². The van der Waals surface area contributed by atoms with Gasteiger partial charge in [0.2, 0.25) is 5.82 Å². The fourth-order valence-corrected chi connectivity index (χ4v) is 2.38. The van der Waals surface area contributed by atoms with E-state index in [1.165, 1.54) is 6.26 Å². The second kappa shape index (κ2) is 7.63. The molecule has 0 saturated carbocycles. The van der Waals surface area contributed by atoms with Gasteiger partial charge in [0.05, 0.1) is 24.9 Å². The standard InChI is InChI=1S/C17H18N4O4/c1-24-10-7-18-17(23)15-20-14(13-6-2-3-8-21(13)15)16(22)19-11-12-5-4-9-25-12/h2-6,8-9H,7,10-11H2,1H3,(H,18,23)(H,19,22). The lowest BCUT2D eigenvalue weighted by molar-refractivity contribution is 0.0926. The van der Waals surface area contributed by atoms with E-state index in [0.29, 0.717) is 24.4 Å². The second-order valence-corrected chi connectivity index (χ2v) is 5.25. The maximum Gasteiger partial charge on any atom is 0.287 e. The first-order valence-electron chi connectivity index (χ1n) is 7.75. The molecule has 25 heavy (non-hydrogen) atoms. The molecule has 0 aliphatic heterocycles. The molecule has 0 spiro atoms. The van der Waals surface area contributed by atoms with E-state index in [4.69, 9.17) is 9.15 Å². The molecular formula is C17H18N4O4. The number of hydrogen-bond donors (Lipinski definition) is 2. The predicted octanol–water partition coefficient (Wildman–Crippen LogP) is 1.23. The Morgan fingerprint density at radius 2 is 2.08 bits per heavy atom. The number of carbonyl (C=O) groups is 2. The zero-order valence-corrected chi connectivity index (χ0v) is 13.7. The van der Waals surface area contributed by atoms with E-state index < -0.39 is 0 Å². The van der Waals surface area contributed by atoms with Crippen LogP contribution in [0.2, 0.25) is 0 Å². The van der Waals surface area contributed by atoms with Gasteiger partial charge >= 0.3 is 0 Å². The van der Waals surface area contributed by atoms with Crippen molar-refractivity contribution in [2.24, 2.45) is 0 Å². The van der Waals surface area contributed by atoms with Crippen LogP contribution in [0.5, 0.6) is 0 Å². The number of rotatable bonds is 7. The largest absolute Gasteiger partial charge is 0.467 e. The molecule has 3 aromatic heterocycles. The van der Waals surface area contributed by atoms with Crippen LogP contribution in [0.4, 0.5) is 0 Å². The highest BCUT2D eigenvalue weighted by molar-refractivity contribution is 6.02. The first-order chi connectivity index (χ1) is 12.2. The maximum absolute atomic E-state index is 12.5. The average molecular weight is 342 g/mol. The molecule has 0 radical (unpaired) electrons. The van der Waals surface area contributed by atoms with Gasteiger partial charge in [-0.3, -0.25) is 14.0 Å². The molecule has 3 rings (SSSR count). The summed E-state index contributed by atoms with van der Waals surface area (Å²) in [5.41, 5.74) is 0.736. The third kappa shape index (κ3) is 3.69. The summed E-state index contributed by atoms with van der Waals surface area (Å²) in [5.74, 6) is 0.0311. The van der Waals surface area contributed by atoms with Crippen molar-refractivity contribution in [3.63, 3.8) is 0 Å². The van der Waals surface area contributed by atoms with E-state index in [2.05, 4.69) is 15.6 Å². The van der Waals surface area contributed by atoms with Crippen LogP contribution in [0.15, 0.2) is 47.2 Å². The van der Waals surface area contributed by atoms with Crippen molar-refractivity contribution in [1.82, 2.24) is 20.0 Å². The minimum absolute atomic E-state index is 0.148. The third-order valence-corrected chi connectivity index (χ3v) is 3.56. The van der Waals surface area contributed by atoms with Gasteiger partial charge in [-0.05, 0) is 24.3 Å². The lowest BCUT2D eigenvalue weighted by atomic mass is 10.3. The first-order valence-corrected chi connectivity index (χ1v) is 7.75. The number of hydrogen-bond acceptors (Lipinski definition) is 5. The van der Waals surface area contributed by atoms with Gasteiger partial charge in [-0.25, -0.2) is 4.98 Å². The van der Waals surface area contributed by atoms with Crippen LogP contribution in [0.25, 0.3) is 5.52 Å². The summed E-state index contributed by atoms with van der Waals surface area (Å²) >= 11 is 0. The molecule has 0 aromatic carbocycles. The van der Waals surface area contributed by atoms with Crippen LogP contribution in [-0.2, 0) is 11.3 Å². The van der Waals surface area contributed by atoms with Crippen LogP contribution in [0.1, 0.15) is 26.9 Å². The van der Waals surface area contributed by atoms with Gasteiger partial charge in [0.1, 0.15) is 5.76 Å². The van der Waals surface area contributed by atoms with Gasteiger partial charge in [-0.1, -0.05) is 6.07 Å². The summed E-state index contributed by atoms with van der Waals surface area (Å²) in [6.07, 6.45) is 3.23. The number of nitrogens with one attached hydrogen (secondary N) is 2. The minimum atomic E-state index is -0.379. The third-order valence-electron chi connectivity index (χ3n) is 3.56. The number of imidazole rings is 1. The van der Waals surface area contributed by atoms with Gasteiger partial charge in [0.15, 0.2) is 5.69 Å². The van der Waals surface area contributed by atoms with Gasteiger partial charge in [0, 0.05) is 19.9 Å². The molecule has 8 nitrogen and oxygen atoms in total. The quantitative estimate of drug-likeness (QED) is 0.630. The fourth-order valence-electron chi connectivity index (χ4n) is 2.38. The lowest BCUT2D eigenvalue weighted by Gasteiger charge is -2.03. The Morgan fingerprint density at radius 3 is 2.84 bits per heavy atom. The molecule has 2 amide bonds. The number of aromatic nitrogens is 2. The van der Waals surface area contributed by atoms with Crippen molar-refractivity contribution in [3.8, 4) is 0 Å². The monoisotopic (exact) mass is 342 g/mol. The molecule has 3 heterocycles. The number of nitrogens with zero attached hydrogens (tertiary/aromatic N) is 2. The Hall–Kier alpha value is -3.13. The van der Waals surface area contributed by atoms with E-state index in [9.17, 15) is 9.59 Å². The summed E-state index contributed by atoms with van der Waals surface area (Å²) < 4.78 is 11.7. The molecule has 0 bridgehead atoms. The van der Waals surface area contributed by atoms with Crippen molar-refractivity contribution in [2.75, 3.05) is 20.3 Å². The average Bonchev–Trinajstić information content (AvgIpc) is 3.27. The molecule has 0 unspecified atom stereocenters. The zero-order chi connectivity index (χ0) is 17.6. The summed E-state index contributed by atoms with van der Waals surface area (Å²) in [5, 5.41) is 5.44. The van der Waals surface area contributed by atoms with Crippen LogP contribution >= 0.6 is 0 Å². The Bertz CT molecular complexity index is 870. The topological polar surface area (TPSA) is 97.9 Å². The first kappa shape index (κ1) is 16.7. The minimum Gasteiger partial charge on any atom is -0.467 e.